The van der Waals surface area contributed by atoms with Crippen LogP contribution in [-0.2, 0) is 23.0 Å². The van der Waals surface area contributed by atoms with Gasteiger partial charge < -0.3 is 13.6 Å². The molecule has 35 heavy (non-hydrogen) atoms. The van der Waals surface area contributed by atoms with E-state index in [0.717, 1.165) is 0 Å². The van der Waals surface area contributed by atoms with Crippen molar-refractivity contribution in [1.29, 1.82) is 0 Å². The summed E-state index contributed by atoms with van der Waals surface area (Å²) >= 11 is 0. The number of carbonyl (C=O) groups excluding carboxylic acids is 1. The van der Waals surface area contributed by atoms with Gasteiger partial charge in [0.1, 0.15) is 5.66 Å². The predicted molar refractivity (Wildman–Crippen MR) is 144 cm³/mol. The van der Waals surface area contributed by atoms with Gasteiger partial charge >= 0.3 is 7.60 Å². The Morgan fingerprint density at radius 1 is 0.743 bits per heavy atom. The van der Waals surface area contributed by atoms with Crippen molar-refractivity contribution in [1.82, 2.24) is 0 Å². The van der Waals surface area contributed by atoms with Crippen LogP contribution in [0, 0.1) is 5.41 Å². The molecule has 186 valence electrons. The van der Waals surface area contributed by atoms with Gasteiger partial charge in [-0.25, -0.2) is 0 Å². The van der Waals surface area contributed by atoms with Crippen LogP contribution in [0.3, 0.4) is 0 Å². The van der Waals surface area contributed by atoms with Crippen molar-refractivity contribution in [2.75, 3.05) is 13.2 Å². The molecule has 0 spiro atoms. The van der Waals surface area contributed by atoms with Crippen molar-refractivity contribution in [2.45, 2.75) is 40.3 Å². The summed E-state index contributed by atoms with van der Waals surface area (Å²) in [6, 6.07) is 25.5. The lowest BCUT2D eigenvalue weighted by atomic mass is 9.86. The average Bonchev–Trinajstić information content (AvgIpc) is 2.85. The maximum atomic E-state index is 15.2. The second-order valence-electron chi connectivity index (χ2n) is 9.23. The maximum Gasteiger partial charge on any atom is 0.345 e. The van der Waals surface area contributed by atoms with Crippen molar-refractivity contribution in [3.05, 3.63) is 90.5 Å². The number of Topliss-reactive ketones (excluding diaryl/α,β-unsaturated/α-hetero) is 1. The minimum Gasteiger partial charge on any atom is -0.309 e. The molecule has 0 amide bonds. The molecule has 0 bridgehead atoms. The van der Waals surface area contributed by atoms with Crippen molar-refractivity contribution < 1.29 is 23.0 Å². The van der Waals surface area contributed by atoms with Gasteiger partial charge in [-0.05, 0) is 19.4 Å². The summed E-state index contributed by atoms with van der Waals surface area (Å²) in [5.74, 6) is -0.289. The lowest BCUT2D eigenvalue weighted by Gasteiger charge is -2.33. The van der Waals surface area contributed by atoms with E-state index in [1.165, 1.54) is 0 Å². The van der Waals surface area contributed by atoms with Gasteiger partial charge in [-0.1, -0.05) is 106 Å². The molecule has 0 fully saturated rings. The van der Waals surface area contributed by atoms with E-state index in [-0.39, 0.29) is 19.0 Å². The third-order valence-electron chi connectivity index (χ3n) is 5.73. The monoisotopic (exact) mass is 512 g/mol. The summed E-state index contributed by atoms with van der Waals surface area (Å²) in [6.07, 6.45) is 0. The van der Waals surface area contributed by atoms with E-state index in [0.29, 0.717) is 21.5 Å². The van der Waals surface area contributed by atoms with Crippen molar-refractivity contribution in [3.8, 4) is 0 Å². The van der Waals surface area contributed by atoms with E-state index in [1.54, 1.807) is 58.9 Å². The molecular weight excluding hydrogens is 478 g/mol. The molecule has 0 aliphatic heterocycles. The van der Waals surface area contributed by atoms with Crippen LogP contribution in [0.5, 0.6) is 0 Å². The van der Waals surface area contributed by atoms with E-state index in [4.69, 9.17) is 9.05 Å². The number of benzene rings is 3. The quantitative estimate of drug-likeness (QED) is 0.301. The second kappa shape index (κ2) is 11.2. The highest BCUT2D eigenvalue weighted by atomic mass is 31.2. The molecule has 3 aromatic rings. The molecular formula is C28H34O5P2. The third kappa shape index (κ3) is 5.60. The average molecular weight is 513 g/mol. The van der Waals surface area contributed by atoms with Crippen LogP contribution in [0.1, 0.15) is 45.8 Å². The van der Waals surface area contributed by atoms with Gasteiger partial charge in [0.05, 0.1) is 13.2 Å². The molecule has 0 saturated heterocycles. The van der Waals surface area contributed by atoms with Crippen LogP contribution >= 0.6 is 14.7 Å². The van der Waals surface area contributed by atoms with E-state index in [2.05, 4.69) is 0 Å². The van der Waals surface area contributed by atoms with Crippen LogP contribution in [0.2, 0.25) is 0 Å². The normalized spacial score (nSPS) is 13.4. The van der Waals surface area contributed by atoms with Crippen molar-refractivity contribution in [3.63, 3.8) is 0 Å². The van der Waals surface area contributed by atoms with Gasteiger partial charge in [-0.3, -0.25) is 9.36 Å². The van der Waals surface area contributed by atoms with Crippen molar-refractivity contribution in [2.24, 2.45) is 5.41 Å². The molecule has 1 unspecified atom stereocenters. The summed E-state index contributed by atoms with van der Waals surface area (Å²) in [4.78, 5) is 13.9. The zero-order valence-electron chi connectivity index (χ0n) is 21.0. The Kier molecular flexibility index (Phi) is 8.72. The molecule has 0 aromatic heterocycles. The van der Waals surface area contributed by atoms with E-state index >= 15 is 4.57 Å². The Bertz CT molecular complexity index is 1180. The Morgan fingerprint density at radius 3 is 1.60 bits per heavy atom. The highest BCUT2D eigenvalue weighted by molar-refractivity contribution is 7.85. The first-order chi connectivity index (χ1) is 16.6. The zero-order chi connectivity index (χ0) is 25.7. The van der Waals surface area contributed by atoms with Gasteiger partial charge in [0.2, 0.25) is 0 Å². The van der Waals surface area contributed by atoms with Gasteiger partial charge in [0.25, 0.3) is 0 Å². The van der Waals surface area contributed by atoms with E-state index in [9.17, 15) is 9.36 Å². The molecule has 0 aliphatic rings. The topological polar surface area (TPSA) is 69.7 Å². The second-order valence-corrected chi connectivity index (χ2v) is 14.1. The molecule has 7 heteroatoms. The first-order valence-electron chi connectivity index (χ1n) is 11.8. The zero-order valence-corrected chi connectivity index (χ0v) is 22.8. The molecule has 0 heterocycles. The summed E-state index contributed by atoms with van der Waals surface area (Å²) in [5.41, 5.74) is -1.65. The third-order valence-corrected chi connectivity index (χ3v) is 11.2. The fourth-order valence-corrected chi connectivity index (χ4v) is 9.46. The van der Waals surface area contributed by atoms with Crippen LogP contribution in [-0.4, -0.2) is 19.0 Å². The van der Waals surface area contributed by atoms with Gasteiger partial charge in [-0.2, -0.15) is 0 Å². The predicted octanol–water partition coefficient (Wildman–Crippen LogP) is 6.25. The standard InChI is InChI=1S/C28H34O5P2/c1-6-32-35(31,33-7-2)26(27(29)28(3,4)5)24-20-14-15-21-25(24)34(30,22-16-10-8-11-17-22)23-18-12-9-13-19-23/h8-21,26H,6-7H2,1-5H3. The highest BCUT2D eigenvalue weighted by Gasteiger charge is 2.48. The van der Waals surface area contributed by atoms with Gasteiger partial charge in [0.15, 0.2) is 12.9 Å². The first kappa shape index (κ1) is 27.3. The summed E-state index contributed by atoms with van der Waals surface area (Å²) in [6.45, 7) is 9.00. The summed E-state index contributed by atoms with van der Waals surface area (Å²) < 4.78 is 40.8. The molecule has 3 aromatic carbocycles. The van der Waals surface area contributed by atoms with Gasteiger partial charge in [0, 0.05) is 21.3 Å². The molecule has 0 saturated carbocycles. The minimum absolute atomic E-state index is 0.113. The largest absolute Gasteiger partial charge is 0.345 e. The molecule has 5 nitrogen and oxygen atoms in total. The van der Waals surface area contributed by atoms with Crippen LogP contribution in [0.15, 0.2) is 84.9 Å². The number of rotatable bonds is 10. The summed E-state index contributed by atoms with van der Waals surface area (Å²) in [5, 5.41) is 1.71. The Morgan fingerprint density at radius 2 is 1.17 bits per heavy atom. The van der Waals surface area contributed by atoms with E-state index < -0.39 is 25.8 Å². The Labute approximate surface area is 208 Å². The van der Waals surface area contributed by atoms with Gasteiger partial charge in [-0.15, -0.1) is 0 Å². The van der Waals surface area contributed by atoms with Crippen LogP contribution in [0.25, 0.3) is 0 Å². The number of hydrogen-bond donors (Lipinski definition) is 0. The summed E-state index contributed by atoms with van der Waals surface area (Å²) in [7, 11) is -7.41. The van der Waals surface area contributed by atoms with Crippen molar-refractivity contribution >= 4 is 36.4 Å². The smallest absolute Gasteiger partial charge is 0.309 e. The lowest BCUT2D eigenvalue weighted by Crippen LogP contribution is -2.34. The maximum absolute atomic E-state index is 15.2. The number of carbonyl (C=O) groups is 1. The number of hydrogen-bond acceptors (Lipinski definition) is 5. The molecule has 3 rings (SSSR count). The molecule has 0 radical (unpaired) electrons. The van der Waals surface area contributed by atoms with Crippen LogP contribution in [0.4, 0.5) is 0 Å². The SMILES string of the molecule is CCOP(=O)(OCC)C(C(=O)C(C)(C)C)c1ccccc1P(=O)(c1ccccc1)c1ccccc1. The fourth-order valence-electron chi connectivity index (χ4n) is 4.12. The Hall–Kier alpha value is -2.29. The molecule has 0 N–H and O–H groups in total. The Balaban J connectivity index is 2.40. The molecule has 0 aliphatic carbocycles. The molecule has 1 atom stereocenters. The fraction of sp³-hybridized carbons (Fsp3) is 0.321. The van der Waals surface area contributed by atoms with E-state index in [1.807, 2.05) is 60.7 Å². The lowest BCUT2D eigenvalue weighted by molar-refractivity contribution is -0.126. The first-order valence-corrected chi connectivity index (χ1v) is 15.1. The van der Waals surface area contributed by atoms with Crippen LogP contribution < -0.4 is 15.9 Å². The highest BCUT2D eigenvalue weighted by Crippen LogP contribution is 2.63. The number of ketones is 1. The minimum atomic E-state index is -3.95.